The van der Waals surface area contributed by atoms with Gasteiger partial charge in [0.15, 0.2) is 0 Å². The van der Waals surface area contributed by atoms with Crippen LogP contribution in [0.25, 0.3) is 11.1 Å². The third kappa shape index (κ3) is 3.56. The average molecular weight is 300 g/mol. The summed E-state index contributed by atoms with van der Waals surface area (Å²) in [6.07, 6.45) is 0. The van der Waals surface area contributed by atoms with Gasteiger partial charge in [-0.1, -0.05) is 6.07 Å². The fraction of sp³-hybridized carbons (Fsp3) is 0.444. The van der Waals surface area contributed by atoms with Gasteiger partial charge in [0, 0.05) is 5.56 Å². The third-order valence-corrected chi connectivity index (χ3v) is 3.32. The molecule has 1 aromatic heterocycles. The molecular formula is C18H24N2O2. The van der Waals surface area contributed by atoms with Gasteiger partial charge in [0.1, 0.15) is 11.4 Å². The van der Waals surface area contributed by atoms with Crippen molar-refractivity contribution in [1.82, 2.24) is 9.97 Å². The van der Waals surface area contributed by atoms with E-state index in [4.69, 9.17) is 9.47 Å². The largest absolute Gasteiger partial charge is 0.488 e. The van der Waals surface area contributed by atoms with Crippen LogP contribution in [-0.2, 0) is 0 Å². The van der Waals surface area contributed by atoms with E-state index in [2.05, 4.69) is 29.0 Å². The predicted molar refractivity (Wildman–Crippen MR) is 88.6 cm³/mol. The Balaban J connectivity index is 2.46. The van der Waals surface area contributed by atoms with E-state index in [1.165, 1.54) is 0 Å². The smallest absolute Gasteiger partial charge is 0.316 e. The number of rotatable bonds is 3. The summed E-state index contributed by atoms with van der Waals surface area (Å²) in [5.74, 6) is 0.874. The van der Waals surface area contributed by atoms with Gasteiger partial charge in [-0.15, -0.1) is 0 Å². The highest BCUT2D eigenvalue weighted by Crippen LogP contribution is 2.32. The van der Waals surface area contributed by atoms with Gasteiger partial charge in [0.25, 0.3) is 0 Å². The molecule has 0 bridgehead atoms. The number of hydrogen-bond donors (Lipinski definition) is 0. The number of aryl methyl sites for hydroxylation is 3. The maximum Gasteiger partial charge on any atom is 0.316 e. The molecule has 0 radical (unpaired) electrons. The second kappa shape index (κ2) is 5.95. The van der Waals surface area contributed by atoms with Crippen LogP contribution >= 0.6 is 0 Å². The van der Waals surface area contributed by atoms with Crippen LogP contribution in [0.1, 0.15) is 37.7 Å². The van der Waals surface area contributed by atoms with E-state index in [-0.39, 0.29) is 5.60 Å². The van der Waals surface area contributed by atoms with E-state index in [1.807, 2.05) is 40.7 Å². The summed E-state index contributed by atoms with van der Waals surface area (Å²) in [6.45, 7) is 12.2. The highest BCUT2D eigenvalue weighted by molar-refractivity contribution is 5.72. The summed E-state index contributed by atoms with van der Waals surface area (Å²) < 4.78 is 11.0. The zero-order valence-electron chi connectivity index (χ0n) is 14.4. The van der Waals surface area contributed by atoms with E-state index >= 15 is 0 Å². The Morgan fingerprint density at radius 2 is 1.55 bits per heavy atom. The fourth-order valence-corrected chi connectivity index (χ4v) is 2.50. The van der Waals surface area contributed by atoms with Gasteiger partial charge < -0.3 is 9.47 Å². The SMILES string of the molecule is COc1nc(C)c(-c2ccc(OC(C)(C)C)cc2C)c(C)n1. The lowest BCUT2D eigenvalue weighted by Gasteiger charge is -2.22. The summed E-state index contributed by atoms with van der Waals surface area (Å²) in [6, 6.07) is 6.53. The highest BCUT2D eigenvalue weighted by atomic mass is 16.5. The molecule has 0 aliphatic heterocycles. The molecule has 4 heteroatoms. The summed E-state index contributed by atoms with van der Waals surface area (Å²) in [5.41, 5.74) is 4.94. The van der Waals surface area contributed by atoms with Gasteiger partial charge in [-0.3, -0.25) is 0 Å². The first-order chi connectivity index (χ1) is 10.2. The Bertz CT molecular complexity index is 665. The van der Waals surface area contributed by atoms with Gasteiger partial charge in [-0.2, -0.15) is 9.97 Å². The van der Waals surface area contributed by atoms with Crippen molar-refractivity contribution in [3.05, 3.63) is 35.2 Å². The van der Waals surface area contributed by atoms with Crippen LogP contribution in [0.2, 0.25) is 0 Å². The first kappa shape index (κ1) is 16.3. The van der Waals surface area contributed by atoms with Crippen LogP contribution in [0.15, 0.2) is 18.2 Å². The molecule has 1 heterocycles. The molecule has 0 unspecified atom stereocenters. The number of nitrogens with zero attached hydrogens (tertiary/aromatic N) is 2. The van der Waals surface area contributed by atoms with E-state index < -0.39 is 0 Å². The maximum atomic E-state index is 5.92. The minimum atomic E-state index is -0.205. The minimum Gasteiger partial charge on any atom is -0.488 e. The lowest BCUT2D eigenvalue weighted by atomic mass is 9.98. The molecule has 2 rings (SSSR count). The Labute approximate surface area is 132 Å². The molecule has 22 heavy (non-hydrogen) atoms. The summed E-state index contributed by atoms with van der Waals surface area (Å²) in [7, 11) is 1.58. The molecule has 0 fully saturated rings. The van der Waals surface area contributed by atoms with Crippen LogP contribution in [0.5, 0.6) is 11.8 Å². The Morgan fingerprint density at radius 1 is 0.955 bits per heavy atom. The summed E-state index contributed by atoms with van der Waals surface area (Å²) in [4.78, 5) is 8.77. The van der Waals surface area contributed by atoms with Crippen molar-refractivity contribution in [3.8, 4) is 22.9 Å². The van der Waals surface area contributed by atoms with Gasteiger partial charge in [-0.25, -0.2) is 0 Å². The molecule has 0 saturated carbocycles. The molecule has 0 aliphatic rings. The van der Waals surface area contributed by atoms with E-state index in [1.54, 1.807) is 7.11 Å². The molecule has 0 amide bonds. The number of aromatic nitrogens is 2. The van der Waals surface area contributed by atoms with E-state index in [0.717, 1.165) is 33.8 Å². The lowest BCUT2D eigenvalue weighted by molar-refractivity contribution is 0.131. The van der Waals surface area contributed by atoms with Gasteiger partial charge in [-0.05, 0) is 64.8 Å². The van der Waals surface area contributed by atoms with Gasteiger partial charge in [0.05, 0.1) is 18.5 Å². The summed E-state index contributed by atoms with van der Waals surface area (Å²) in [5, 5.41) is 0. The van der Waals surface area contributed by atoms with Gasteiger partial charge in [0.2, 0.25) is 0 Å². The van der Waals surface area contributed by atoms with Crippen LogP contribution in [0.4, 0.5) is 0 Å². The number of methoxy groups -OCH3 is 1. The summed E-state index contributed by atoms with van der Waals surface area (Å²) >= 11 is 0. The van der Waals surface area contributed by atoms with Crippen LogP contribution in [-0.4, -0.2) is 22.7 Å². The normalized spacial score (nSPS) is 11.4. The first-order valence-electron chi connectivity index (χ1n) is 7.40. The van der Waals surface area contributed by atoms with Crippen molar-refractivity contribution in [1.29, 1.82) is 0 Å². The van der Waals surface area contributed by atoms with Crippen molar-refractivity contribution in [2.45, 2.75) is 47.1 Å². The van der Waals surface area contributed by atoms with Crippen molar-refractivity contribution in [3.63, 3.8) is 0 Å². The van der Waals surface area contributed by atoms with Crippen LogP contribution in [0.3, 0.4) is 0 Å². The molecule has 1 aromatic carbocycles. The predicted octanol–water partition coefficient (Wildman–Crippen LogP) is 4.25. The lowest BCUT2D eigenvalue weighted by Crippen LogP contribution is -2.22. The standard InChI is InChI=1S/C18H24N2O2/c1-11-10-14(22-18(4,5)6)8-9-15(11)16-12(2)19-17(21-7)20-13(16)3/h8-10H,1-7H3. The molecule has 4 nitrogen and oxygen atoms in total. The first-order valence-corrected chi connectivity index (χ1v) is 7.40. The zero-order valence-corrected chi connectivity index (χ0v) is 14.4. The molecule has 0 atom stereocenters. The number of ether oxygens (including phenoxy) is 2. The molecule has 0 aliphatic carbocycles. The Kier molecular flexibility index (Phi) is 4.40. The average Bonchev–Trinajstić information content (AvgIpc) is 2.38. The van der Waals surface area contributed by atoms with E-state index in [9.17, 15) is 0 Å². The second-order valence-corrected chi connectivity index (χ2v) is 6.45. The molecule has 0 N–H and O–H groups in total. The van der Waals surface area contributed by atoms with Crippen LogP contribution < -0.4 is 9.47 Å². The van der Waals surface area contributed by atoms with Crippen molar-refractivity contribution in [2.75, 3.05) is 7.11 Å². The topological polar surface area (TPSA) is 44.2 Å². The van der Waals surface area contributed by atoms with E-state index in [0.29, 0.717) is 6.01 Å². The molecular weight excluding hydrogens is 276 g/mol. The zero-order chi connectivity index (χ0) is 16.5. The molecule has 0 saturated heterocycles. The van der Waals surface area contributed by atoms with Crippen molar-refractivity contribution in [2.24, 2.45) is 0 Å². The van der Waals surface area contributed by atoms with Crippen LogP contribution in [0, 0.1) is 20.8 Å². The maximum absolute atomic E-state index is 5.92. The highest BCUT2D eigenvalue weighted by Gasteiger charge is 2.16. The van der Waals surface area contributed by atoms with Crippen molar-refractivity contribution >= 4 is 0 Å². The fourth-order valence-electron chi connectivity index (χ4n) is 2.50. The number of hydrogen-bond acceptors (Lipinski definition) is 4. The Hall–Kier alpha value is -2.10. The molecule has 0 spiro atoms. The second-order valence-electron chi connectivity index (χ2n) is 6.45. The molecule has 118 valence electrons. The minimum absolute atomic E-state index is 0.205. The van der Waals surface area contributed by atoms with Crippen molar-refractivity contribution < 1.29 is 9.47 Å². The third-order valence-electron chi connectivity index (χ3n) is 3.32. The van der Waals surface area contributed by atoms with Gasteiger partial charge >= 0.3 is 6.01 Å². The number of benzene rings is 1. The Morgan fingerprint density at radius 3 is 2.00 bits per heavy atom. The monoisotopic (exact) mass is 300 g/mol. The molecule has 2 aromatic rings. The quantitative estimate of drug-likeness (QED) is 0.849.